The van der Waals surface area contributed by atoms with Gasteiger partial charge in [0.1, 0.15) is 13.2 Å². The molecule has 0 amide bonds. The molecule has 408 valence electrons. The molecule has 6 heteroatoms. The van der Waals surface area contributed by atoms with Crippen LogP contribution in [0, 0.1) is 0 Å². The number of hydrogen-bond acceptors (Lipinski definition) is 6. The topological polar surface area (TPSA) is 78.9 Å². The van der Waals surface area contributed by atoms with Crippen LogP contribution in [0.2, 0.25) is 0 Å². The number of unbranched alkanes of at least 4 members (excludes halogenated alkanes) is 29. The number of hydrogen-bond donors (Lipinski definition) is 0. The molecule has 0 bridgehead atoms. The summed E-state index contributed by atoms with van der Waals surface area (Å²) < 4.78 is 16.8. The van der Waals surface area contributed by atoms with Gasteiger partial charge < -0.3 is 14.2 Å². The molecule has 0 aromatic rings. The molecular formula is C65H112O6. The maximum atomic E-state index is 12.9. The summed E-state index contributed by atoms with van der Waals surface area (Å²) in [6, 6.07) is 0. The lowest BCUT2D eigenvalue weighted by Gasteiger charge is -2.18. The Labute approximate surface area is 439 Å². The number of allylic oxidation sites excluding steroid dienone is 14. The molecule has 0 aliphatic rings. The van der Waals surface area contributed by atoms with Crippen molar-refractivity contribution in [3.05, 3.63) is 85.1 Å². The first-order valence-corrected chi connectivity index (χ1v) is 30.1. The molecule has 0 saturated carbocycles. The Morgan fingerprint density at radius 3 is 0.859 bits per heavy atom. The summed E-state index contributed by atoms with van der Waals surface area (Å²) in [7, 11) is 0. The highest BCUT2D eigenvalue weighted by Crippen LogP contribution is 2.16. The SMILES string of the molecule is CCCCC/C=C\C/C=C\C/C=C\C/C=C\CCCC(=O)O[C@@H](COC(=O)CCCCCCCC/C=C\C/C=C\C/C=C\CCCCC)COC(=O)CCCCCCCCCCCCCCCCCCC. The Morgan fingerprint density at radius 1 is 0.282 bits per heavy atom. The first-order chi connectivity index (χ1) is 35.0. The summed E-state index contributed by atoms with van der Waals surface area (Å²) in [5, 5.41) is 0. The Balaban J connectivity index is 4.47. The molecule has 6 nitrogen and oxygen atoms in total. The molecular weight excluding hydrogens is 877 g/mol. The van der Waals surface area contributed by atoms with Gasteiger partial charge >= 0.3 is 17.9 Å². The maximum absolute atomic E-state index is 12.9. The molecule has 0 N–H and O–H groups in total. The minimum atomic E-state index is -0.810. The quantitative estimate of drug-likeness (QED) is 0.0261. The fourth-order valence-electron chi connectivity index (χ4n) is 8.33. The zero-order valence-electron chi connectivity index (χ0n) is 46.7. The van der Waals surface area contributed by atoms with E-state index in [1.807, 2.05) is 0 Å². The molecule has 0 saturated heterocycles. The molecule has 0 radical (unpaired) electrons. The van der Waals surface area contributed by atoms with E-state index in [2.05, 4.69) is 106 Å². The van der Waals surface area contributed by atoms with E-state index < -0.39 is 6.10 Å². The van der Waals surface area contributed by atoms with Gasteiger partial charge in [0, 0.05) is 19.3 Å². The molecule has 1 atom stereocenters. The molecule has 0 aliphatic heterocycles. The van der Waals surface area contributed by atoms with Gasteiger partial charge in [-0.05, 0) is 96.3 Å². The summed E-state index contributed by atoms with van der Waals surface area (Å²) in [4.78, 5) is 38.2. The van der Waals surface area contributed by atoms with Crippen LogP contribution in [-0.2, 0) is 28.6 Å². The molecule has 0 fully saturated rings. The summed E-state index contributed by atoms with van der Waals surface area (Å²) in [5.74, 6) is -0.961. The summed E-state index contributed by atoms with van der Waals surface area (Å²) in [6.07, 6.45) is 77.2. The van der Waals surface area contributed by atoms with Gasteiger partial charge in [-0.25, -0.2) is 0 Å². The van der Waals surface area contributed by atoms with Crippen molar-refractivity contribution in [2.45, 2.75) is 297 Å². The highest BCUT2D eigenvalue weighted by atomic mass is 16.6. The average molecular weight is 990 g/mol. The Hall–Kier alpha value is -3.41. The van der Waals surface area contributed by atoms with Crippen LogP contribution in [0.4, 0.5) is 0 Å². The van der Waals surface area contributed by atoms with Crippen LogP contribution in [0.3, 0.4) is 0 Å². The molecule has 0 unspecified atom stereocenters. The van der Waals surface area contributed by atoms with E-state index in [1.165, 1.54) is 161 Å². The highest BCUT2D eigenvalue weighted by molar-refractivity contribution is 5.71. The fraction of sp³-hybridized carbons (Fsp3) is 0.738. The van der Waals surface area contributed by atoms with Crippen molar-refractivity contribution in [3.8, 4) is 0 Å². The van der Waals surface area contributed by atoms with Crippen LogP contribution in [0.25, 0.3) is 0 Å². The minimum Gasteiger partial charge on any atom is -0.462 e. The monoisotopic (exact) mass is 989 g/mol. The van der Waals surface area contributed by atoms with Crippen molar-refractivity contribution in [3.63, 3.8) is 0 Å². The van der Waals surface area contributed by atoms with Crippen molar-refractivity contribution < 1.29 is 28.6 Å². The van der Waals surface area contributed by atoms with Gasteiger partial charge in [0.25, 0.3) is 0 Å². The zero-order chi connectivity index (χ0) is 51.4. The lowest BCUT2D eigenvalue weighted by Crippen LogP contribution is -2.30. The van der Waals surface area contributed by atoms with E-state index in [9.17, 15) is 14.4 Å². The first-order valence-electron chi connectivity index (χ1n) is 30.1. The predicted octanol–water partition coefficient (Wildman–Crippen LogP) is 20.3. The molecule has 0 rings (SSSR count). The van der Waals surface area contributed by atoms with Crippen LogP contribution < -0.4 is 0 Å². The Bertz CT molecular complexity index is 1370. The number of carbonyl (C=O) groups excluding carboxylic acids is 3. The number of carbonyl (C=O) groups is 3. The number of ether oxygens (including phenoxy) is 3. The van der Waals surface area contributed by atoms with E-state index in [-0.39, 0.29) is 37.5 Å². The van der Waals surface area contributed by atoms with E-state index in [0.717, 1.165) is 83.5 Å². The highest BCUT2D eigenvalue weighted by Gasteiger charge is 2.19. The third-order valence-corrected chi connectivity index (χ3v) is 12.9. The summed E-state index contributed by atoms with van der Waals surface area (Å²) in [5.41, 5.74) is 0. The minimum absolute atomic E-state index is 0.100. The predicted molar refractivity (Wildman–Crippen MR) is 307 cm³/mol. The lowest BCUT2D eigenvalue weighted by atomic mass is 10.0. The van der Waals surface area contributed by atoms with Gasteiger partial charge in [0.2, 0.25) is 0 Å². The second-order valence-corrected chi connectivity index (χ2v) is 19.9. The van der Waals surface area contributed by atoms with Crippen LogP contribution in [-0.4, -0.2) is 37.2 Å². The van der Waals surface area contributed by atoms with Gasteiger partial charge in [-0.3, -0.25) is 14.4 Å². The van der Waals surface area contributed by atoms with Crippen LogP contribution in [0.5, 0.6) is 0 Å². The molecule has 0 spiro atoms. The second kappa shape index (κ2) is 59.2. The maximum Gasteiger partial charge on any atom is 0.306 e. The van der Waals surface area contributed by atoms with Crippen LogP contribution in [0.1, 0.15) is 290 Å². The first kappa shape index (κ1) is 67.6. The number of rotatable bonds is 54. The normalized spacial score (nSPS) is 12.7. The average Bonchev–Trinajstić information content (AvgIpc) is 3.37. The molecule has 0 heterocycles. The van der Waals surface area contributed by atoms with E-state index in [1.54, 1.807) is 0 Å². The van der Waals surface area contributed by atoms with Crippen molar-refractivity contribution in [1.82, 2.24) is 0 Å². The zero-order valence-corrected chi connectivity index (χ0v) is 46.7. The molecule has 0 aromatic heterocycles. The number of esters is 3. The van der Waals surface area contributed by atoms with Crippen LogP contribution >= 0.6 is 0 Å². The van der Waals surface area contributed by atoms with Crippen molar-refractivity contribution in [2.24, 2.45) is 0 Å². The largest absolute Gasteiger partial charge is 0.462 e. The van der Waals surface area contributed by atoms with E-state index in [0.29, 0.717) is 19.3 Å². The smallest absolute Gasteiger partial charge is 0.306 e. The van der Waals surface area contributed by atoms with Gasteiger partial charge in [-0.1, -0.05) is 260 Å². The Kier molecular flexibility index (Phi) is 56.3. The van der Waals surface area contributed by atoms with Crippen molar-refractivity contribution >= 4 is 17.9 Å². The molecule has 71 heavy (non-hydrogen) atoms. The summed E-state index contributed by atoms with van der Waals surface area (Å²) in [6.45, 7) is 6.55. The molecule has 0 aromatic carbocycles. The van der Waals surface area contributed by atoms with Gasteiger partial charge in [0.15, 0.2) is 6.10 Å². The summed E-state index contributed by atoms with van der Waals surface area (Å²) >= 11 is 0. The van der Waals surface area contributed by atoms with E-state index in [4.69, 9.17) is 14.2 Å². The third-order valence-electron chi connectivity index (χ3n) is 12.9. The van der Waals surface area contributed by atoms with Gasteiger partial charge in [-0.2, -0.15) is 0 Å². The molecule has 0 aliphatic carbocycles. The lowest BCUT2D eigenvalue weighted by molar-refractivity contribution is -0.167. The fourth-order valence-corrected chi connectivity index (χ4v) is 8.33. The van der Waals surface area contributed by atoms with Gasteiger partial charge in [0.05, 0.1) is 0 Å². The third kappa shape index (κ3) is 57.4. The van der Waals surface area contributed by atoms with Crippen molar-refractivity contribution in [2.75, 3.05) is 13.2 Å². The standard InChI is InChI=1S/C65H112O6/c1-4-7-10-13-16-19-22-25-28-31-32-35-37-40-43-46-49-52-55-58-64(67)70-61-62(71-65(68)59-56-53-50-47-44-41-38-34-30-27-24-21-18-15-12-9-6-3)60-69-63(66)57-54-51-48-45-42-39-36-33-29-26-23-20-17-14-11-8-5-2/h16,18-19,21,25,27-28,30,32,35,38,41,47,50,62H,4-15,17,20,22-24,26,29,31,33-34,36-37,39-40,42-46,48-49,51-61H2,1-3H3/b19-16-,21-18-,28-25-,30-27-,35-32-,41-38-,50-47-/t62-/m1/s1. The van der Waals surface area contributed by atoms with Gasteiger partial charge in [-0.15, -0.1) is 0 Å². The van der Waals surface area contributed by atoms with Crippen molar-refractivity contribution in [1.29, 1.82) is 0 Å². The van der Waals surface area contributed by atoms with Crippen LogP contribution in [0.15, 0.2) is 85.1 Å². The van der Waals surface area contributed by atoms with E-state index >= 15 is 0 Å². The Morgan fingerprint density at radius 2 is 0.521 bits per heavy atom. The second-order valence-electron chi connectivity index (χ2n) is 19.9.